The van der Waals surface area contributed by atoms with Gasteiger partial charge in [-0.05, 0) is 47.8 Å². The third-order valence-electron chi connectivity index (χ3n) is 2.30. The second-order valence-electron chi connectivity index (χ2n) is 3.42. The van der Waals surface area contributed by atoms with Crippen molar-refractivity contribution in [2.45, 2.75) is 32.4 Å². The molecule has 0 spiro atoms. The summed E-state index contributed by atoms with van der Waals surface area (Å²) in [7, 11) is 0. The Labute approximate surface area is 85.3 Å². The van der Waals surface area contributed by atoms with Crippen LogP contribution in [-0.4, -0.2) is 6.04 Å². The SMILES string of the molecule is CC1Cc2sc(Br)cc2C(C)N1. The Morgan fingerprint density at radius 1 is 1.58 bits per heavy atom. The molecule has 0 saturated heterocycles. The first kappa shape index (κ1) is 8.73. The van der Waals surface area contributed by atoms with E-state index < -0.39 is 0 Å². The molecule has 1 aliphatic rings. The molecule has 0 bridgehead atoms. The molecule has 1 aromatic heterocycles. The lowest BCUT2D eigenvalue weighted by atomic mass is 10.00. The van der Waals surface area contributed by atoms with Crippen LogP contribution in [0.2, 0.25) is 0 Å². The third-order valence-corrected chi connectivity index (χ3v) is 3.98. The van der Waals surface area contributed by atoms with Crippen LogP contribution in [-0.2, 0) is 6.42 Å². The number of hydrogen-bond acceptors (Lipinski definition) is 2. The minimum absolute atomic E-state index is 0.520. The lowest BCUT2D eigenvalue weighted by Crippen LogP contribution is -2.34. The van der Waals surface area contributed by atoms with Crippen molar-refractivity contribution in [3.63, 3.8) is 0 Å². The molecule has 3 heteroatoms. The molecule has 1 N–H and O–H groups in total. The van der Waals surface area contributed by atoms with Crippen LogP contribution in [0.5, 0.6) is 0 Å². The molecular weight excluding hydrogens is 234 g/mol. The lowest BCUT2D eigenvalue weighted by Gasteiger charge is -2.26. The number of halogens is 1. The maximum atomic E-state index is 3.53. The Hall–Kier alpha value is 0.140. The summed E-state index contributed by atoms with van der Waals surface area (Å²) in [6, 6.07) is 3.38. The predicted molar refractivity (Wildman–Crippen MR) is 56.7 cm³/mol. The van der Waals surface area contributed by atoms with Crippen LogP contribution in [0.3, 0.4) is 0 Å². The number of fused-ring (bicyclic) bond motifs is 1. The highest BCUT2D eigenvalue weighted by atomic mass is 79.9. The first-order valence-corrected chi connectivity index (χ1v) is 5.82. The van der Waals surface area contributed by atoms with Crippen LogP contribution >= 0.6 is 27.3 Å². The van der Waals surface area contributed by atoms with Crippen molar-refractivity contribution in [3.8, 4) is 0 Å². The maximum Gasteiger partial charge on any atom is 0.0704 e. The van der Waals surface area contributed by atoms with Crippen molar-refractivity contribution in [3.05, 3.63) is 20.3 Å². The molecule has 66 valence electrons. The van der Waals surface area contributed by atoms with Crippen LogP contribution in [0.25, 0.3) is 0 Å². The summed E-state index contributed by atoms with van der Waals surface area (Å²) in [6.45, 7) is 4.47. The van der Waals surface area contributed by atoms with Gasteiger partial charge in [0, 0.05) is 17.0 Å². The van der Waals surface area contributed by atoms with E-state index in [2.05, 4.69) is 41.2 Å². The van der Waals surface area contributed by atoms with Gasteiger partial charge in [-0.2, -0.15) is 0 Å². The molecule has 2 atom stereocenters. The zero-order chi connectivity index (χ0) is 8.72. The third kappa shape index (κ3) is 1.45. The predicted octanol–water partition coefficient (Wildman–Crippen LogP) is 3.11. The summed E-state index contributed by atoms with van der Waals surface area (Å²) < 4.78 is 1.26. The Morgan fingerprint density at radius 3 is 3.08 bits per heavy atom. The van der Waals surface area contributed by atoms with E-state index >= 15 is 0 Å². The van der Waals surface area contributed by atoms with Gasteiger partial charge in [-0.25, -0.2) is 0 Å². The van der Waals surface area contributed by atoms with E-state index in [0.717, 1.165) is 0 Å². The molecule has 0 aliphatic carbocycles. The molecule has 0 amide bonds. The summed E-state index contributed by atoms with van der Waals surface area (Å²) in [5.41, 5.74) is 1.48. The first-order valence-electron chi connectivity index (χ1n) is 4.21. The van der Waals surface area contributed by atoms with Crippen LogP contribution in [0.15, 0.2) is 9.85 Å². The zero-order valence-electron chi connectivity index (χ0n) is 7.23. The summed E-state index contributed by atoms with van der Waals surface area (Å²) >= 11 is 5.40. The normalized spacial score (nSPS) is 28.6. The Kier molecular flexibility index (Phi) is 2.27. The number of thiophene rings is 1. The van der Waals surface area contributed by atoms with Crippen molar-refractivity contribution in [2.24, 2.45) is 0 Å². The van der Waals surface area contributed by atoms with Crippen LogP contribution < -0.4 is 5.32 Å². The van der Waals surface area contributed by atoms with Crippen molar-refractivity contribution in [2.75, 3.05) is 0 Å². The van der Waals surface area contributed by atoms with E-state index in [1.54, 1.807) is 4.88 Å². The van der Waals surface area contributed by atoms with Gasteiger partial charge >= 0.3 is 0 Å². The molecule has 1 nitrogen and oxygen atoms in total. The molecule has 1 aliphatic heterocycles. The van der Waals surface area contributed by atoms with E-state index in [4.69, 9.17) is 0 Å². The van der Waals surface area contributed by atoms with Crippen LogP contribution in [0.1, 0.15) is 30.3 Å². The molecule has 12 heavy (non-hydrogen) atoms. The van der Waals surface area contributed by atoms with Gasteiger partial charge < -0.3 is 5.32 Å². The van der Waals surface area contributed by atoms with Gasteiger partial charge in [0.1, 0.15) is 0 Å². The first-order chi connectivity index (χ1) is 5.66. The highest BCUT2D eigenvalue weighted by Crippen LogP contribution is 2.34. The van der Waals surface area contributed by atoms with Gasteiger partial charge in [-0.3, -0.25) is 0 Å². The second-order valence-corrected chi connectivity index (χ2v) is 5.94. The van der Waals surface area contributed by atoms with Crippen molar-refractivity contribution in [1.82, 2.24) is 5.32 Å². The van der Waals surface area contributed by atoms with Gasteiger partial charge in [0.15, 0.2) is 0 Å². The van der Waals surface area contributed by atoms with Gasteiger partial charge in [0.2, 0.25) is 0 Å². The fourth-order valence-corrected chi connectivity index (χ4v) is 3.73. The minimum atomic E-state index is 0.520. The van der Waals surface area contributed by atoms with Gasteiger partial charge in [0.05, 0.1) is 3.79 Å². The minimum Gasteiger partial charge on any atom is -0.307 e. The van der Waals surface area contributed by atoms with Crippen LogP contribution in [0.4, 0.5) is 0 Å². The summed E-state index contributed by atoms with van der Waals surface area (Å²) in [5.74, 6) is 0. The van der Waals surface area contributed by atoms with Crippen molar-refractivity contribution in [1.29, 1.82) is 0 Å². The van der Waals surface area contributed by atoms with E-state index in [-0.39, 0.29) is 0 Å². The molecule has 0 saturated carbocycles. The van der Waals surface area contributed by atoms with Crippen molar-refractivity contribution < 1.29 is 0 Å². The smallest absolute Gasteiger partial charge is 0.0704 e. The van der Waals surface area contributed by atoms with E-state index in [1.807, 2.05) is 11.3 Å². The zero-order valence-corrected chi connectivity index (χ0v) is 9.63. The number of hydrogen-bond donors (Lipinski definition) is 1. The molecule has 0 aromatic carbocycles. The second kappa shape index (κ2) is 3.13. The summed E-state index contributed by atoms with van der Waals surface area (Å²) in [6.07, 6.45) is 1.18. The summed E-state index contributed by atoms with van der Waals surface area (Å²) in [4.78, 5) is 1.54. The molecule has 1 aromatic rings. The fourth-order valence-electron chi connectivity index (χ4n) is 1.79. The van der Waals surface area contributed by atoms with E-state index in [9.17, 15) is 0 Å². The molecule has 0 fully saturated rings. The highest BCUT2D eigenvalue weighted by Gasteiger charge is 2.22. The Morgan fingerprint density at radius 2 is 2.33 bits per heavy atom. The maximum absolute atomic E-state index is 3.53. The topological polar surface area (TPSA) is 12.0 Å². The largest absolute Gasteiger partial charge is 0.307 e. The molecule has 2 heterocycles. The Balaban J connectivity index is 2.40. The monoisotopic (exact) mass is 245 g/mol. The van der Waals surface area contributed by atoms with E-state index in [1.165, 1.54) is 15.8 Å². The highest BCUT2D eigenvalue weighted by molar-refractivity contribution is 9.11. The fraction of sp³-hybridized carbons (Fsp3) is 0.556. The Bertz CT molecular complexity index is 295. The van der Waals surface area contributed by atoms with E-state index in [0.29, 0.717) is 12.1 Å². The van der Waals surface area contributed by atoms with Crippen molar-refractivity contribution >= 4 is 27.3 Å². The number of nitrogens with one attached hydrogen (secondary N) is 1. The average Bonchev–Trinajstić information content (AvgIpc) is 2.29. The lowest BCUT2D eigenvalue weighted by molar-refractivity contribution is 0.451. The van der Waals surface area contributed by atoms with Gasteiger partial charge in [0.25, 0.3) is 0 Å². The van der Waals surface area contributed by atoms with Gasteiger partial charge in [-0.1, -0.05) is 0 Å². The molecule has 0 radical (unpaired) electrons. The molecule has 2 unspecified atom stereocenters. The quantitative estimate of drug-likeness (QED) is 0.741. The average molecular weight is 246 g/mol. The standard InChI is InChI=1S/C9H12BrNS/c1-5-3-8-7(6(2)11-5)4-9(10)12-8/h4-6,11H,3H2,1-2H3. The van der Waals surface area contributed by atoms with Gasteiger partial charge in [-0.15, -0.1) is 11.3 Å². The molecular formula is C9H12BrNS. The summed E-state index contributed by atoms with van der Waals surface area (Å²) in [5, 5.41) is 3.53. The number of rotatable bonds is 0. The van der Waals surface area contributed by atoms with Crippen LogP contribution in [0, 0.1) is 0 Å². The molecule has 2 rings (SSSR count).